The van der Waals surface area contributed by atoms with Gasteiger partial charge in [-0.3, -0.25) is 4.79 Å². The highest BCUT2D eigenvalue weighted by Crippen LogP contribution is 2.23. The summed E-state index contributed by atoms with van der Waals surface area (Å²) >= 11 is 7.83. The summed E-state index contributed by atoms with van der Waals surface area (Å²) in [6.07, 6.45) is 3.67. The Labute approximate surface area is 117 Å². The van der Waals surface area contributed by atoms with Crippen LogP contribution in [0.1, 0.15) is 33.7 Å². The second-order valence-electron chi connectivity index (χ2n) is 5.03. The van der Waals surface area contributed by atoms with E-state index < -0.39 is 0 Å². The van der Waals surface area contributed by atoms with Crippen molar-refractivity contribution in [1.29, 1.82) is 0 Å². The number of anilines is 1. The Balaban J connectivity index is 2.93. The lowest BCUT2D eigenvalue weighted by Crippen LogP contribution is -2.29. The lowest BCUT2D eigenvalue weighted by molar-refractivity contribution is 0.503. The number of halogens is 1. The van der Waals surface area contributed by atoms with Crippen LogP contribution >= 0.6 is 23.4 Å². The Kier molecular flexibility index (Phi) is 5.10. The van der Waals surface area contributed by atoms with E-state index in [-0.39, 0.29) is 21.4 Å². The maximum Gasteiger partial charge on any atom is 0.287 e. The first-order valence-corrected chi connectivity index (χ1v) is 7.45. The molecule has 0 aliphatic rings. The molecule has 0 unspecified atom stereocenters. The molecule has 1 aromatic heterocycles. The third-order valence-electron chi connectivity index (χ3n) is 2.69. The summed E-state index contributed by atoms with van der Waals surface area (Å²) in [5, 5.41) is 7.50. The van der Waals surface area contributed by atoms with Crippen LogP contribution in [0, 0.1) is 0 Å². The Morgan fingerprint density at radius 1 is 1.56 bits per heavy atom. The van der Waals surface area contributed by atoms with Crippen LogP contribution in [-0.2, 0) is 0 Å². The second-order valence-corrected chi connectivity index (χ2v) is 6.92. The minimum absolute atomic E-state index is 0.00619. The third kappa shape index (κ3) is 3.65. The molecule has 0 aliphatic carbocycles. The van der Waals surface area contributed by atoms with E-state index in [0.29, 0.717) is 5.69 Å². The minimum atomic E-state index is -0.251. The van der Waals surface area contributed by atoms with Crippen molar-refractivity contribution in [3.8, 4) is 0 Å². The summed E-state index contributed by atoms with van der Waals surface area (Å²) in [4.78, 5) is 11.9. The van der Waals surface area contributed by atoms with Gasteiger partial charge in [-0.05, 0) is 34.0 Å². The quantitative estimate of drug-likeness (QED) is 0.905. The highest BCUT2D eigenvalue weighted by Gasteiger charge is 2.17. The van der Waals surface area contributed by atoms with Crippen LogP contribution in [0.5, 0.6) is 0 Å². The average Bonchev–Trinajstić information content (AvgIpc) is 2.30. The summed E-state index contributed by atoms with van der Waals surface area (Å²) in [7, 11) is 0. The standard InChI is InChI=1S/C12H20ClN3OS/c1-8(2)16-11(17)10(13)9(6-15-16)14-7-12(3,4)18-5/h6,8,14H,7H2,1-5H3. The Morgan fingerprint density at radius 3 is 2.67 bits per heavy atom. The van der Waals surface area contributed by atoms with Gasteiger partial charge in [0.2, 0.25) is 0 Å². The van der Waals surface area contributed by atoms with Gasteiger partial charge >= 0.3 is 0 Å². The molecular formula is C12H20ClN3OS. The number of thioether (sulfide) groups is 1. The molecule has 0 radical (unpaired) electrons. The zero-order valence-corrected chi connectivity index (χ0v) is 13.0. The van der Waals surface area contributed by atoms with Crippen molar-refractivity contribution >= 4 is 29.1 Å². The molecule has 0 bridgehead atoms. The molecule has 1 rings (SSSR count). The first-order valence-electron chi connectivity index (χ1n) is 5.85. The molecule has 1 heterocycles. The van der Waals surface area contributed by atoms with Gasteiger partial charge in [-0.25, -0.2) is 4.68 Å². The predicted octanol–water partition coefficient (Wildman–Crippen LogP) is 3.03. The number of hydrogen-bond donors (Lipinski definition) is 1. The molecule has 0 saturated heterocycles. The summed E-state index contributed by atoms with van der Waals surface area (Å²) in [6.45, 7) is 8.77. The lowest BCUT2D eigenvalue weighted by Gasteiger charge is -2.23. The molecule has 102 valence electrons. The van der Waals surface area contributed by atoms with Crippen LogP contribution in [0.15, 0.2) is 11.0 Å². The molecule has 6 heteroatoms. The molecule has 18 heavy (non-hydrogen) atoms. The van der Waals surface area contributed by atoms with Crippen LogP contribution in [0.3, 0.4) is 0 Å². The first-order chi connectivity index (χ1) is 8.28. The van der Waals surface area contributed by atoms with Crippen LogP contribution in [0.4, 0.5) is 5.69 Å². The number of nitrogens with one attached hydrogen (secondary N) is 1. The maximum atomic E-state index is 11.9. The Bertz CT molecular complexity index is 471. The van der Waals surface area contributed by atoms with Gasteiger partial charge < -0.3 is 5.32 Å². The van der Waals surface area contributed by atoms with E-state index in [1.165, 1.54) is 4.68 Å². The van der Waals surface area contributed by atoms with E-state index in [9.17, 15) is 4.79 Å². The van der Waals surface area contributed by atoms with Crippen molar-refractivity contribution in [2.45, 2.75) is 38.5 Å². The lowest BCUT2D eigenvalue weighted by atomic mass is 10.2. The van der Waals surface area contributed by atoms with Crippen molar-refractivity contribution in [3.63, 3.8) is 0 Å². The molecule has 0 saturated carbocycles. The molecule has 1 N–H and O–H groups in total. The van der Waals surface area contributed by atoms with E-state index >= 15 is 0 Å². The molecule has 0 amide bonds. The summed E-state index contributed by atoms with van der Waals surface area (Å²) in [6, 6.07) is 0.00619. The van der Waals surface area contributed by atoms with Gasteiger partial charge in [0, 0.05) is 11.3 Å². The van der Waals surface area contributed by atoms with Crippen LogP contribution < -0.4 is 10.9 Å². The molecular weight excluding hydrogens is 270 g/mol. The van der Waals surface area contributed by atoms with Crippen molar-refractivity contribution in [1.82, 2.24) is 9.78 Å². The SMILES string of the molecule is CSC(C)(C)CNc1cnn(C(C)C)c(=O)c1Cl. The van der Waals surface area contributed by atoms with Crippen molar-refractivity contribution in [2.75, 3.05) is 18.1 Å². The van der Waals surface area contributed by atoms with Gasteiger partial charge in [0.15, 0.2) is 0 Å². The summed E-state index contributed by atoms with van der Waals surface area (Å²) in [5.41, 5.74) is 0.347. The van der Waals surface area contributed by atoms with Crippen LogP contribution in [0.25, 0.3) is 0 Å². The van der Waals surface area contributed by atoms with E-state index in [1.54, 1.807) is 18.0 Å². The van der Waals surface area contributed by atoms with Crippen LogP contribution in [-0.4, -0.2) is 27.3 Å². The van der Waals surface area contributed by atoms with Crippen LogP contribution in [0.2, 0.25) is 5.02 Å². The molecule has 0 atom stereocenters. The second kappa shape index (κ2) is 5.97. The van der Waals surface area contributed by atoms with Gasteiger partial charge in [-0.1, -0.05) is 11.6 Å². The smallest absolute Gasteiger partial charge is 0.287 e. The fourth-order valence-electron chi connectivity index (χ4n) is 1.32. The van der Waals surface area contributed by atoms with Crippen molar-refractivity contribution in [3.05, 3.63) is 21.6 Å². The fourth-order valence-corrected chi connectivity index (χ4v) is 1.73. The number of aromatic nitrogens is 2. The summed E-state index contributed by atoms with van der Waals surface area (Å²) < 4.78 is 1.46. The van der Waals surface area contributed by atoms with E-state index in [1.807, 2.05) is 13.8 Å². The average molecular weight is 290 g/mol. The van der Waals surface area contributed by atoms with Crippen molar-refractivity contribution in [2.24, 2.45) is 0 Å². The molecule has 4 nitrogen and oxygen atoms in total. The fraction of sp³-hybridized carbons (Fsp3) is 0.667. The summed E-state index contributed by atoms with van der Waals surface area (Å²) in [5.74, 6) is 0. The van der Waals surface area contributed by atoms with Crippen molar-refractivity contribution < 1.29 is 0 Å². The highest BCUT2D eigenvalue weighted by atomic mass is 35.5. The largest absolute Gasteiger partial charge is 0.381 e. The number of nitrogens with zero attached hydrogens (tertiary/aromatic N) is 2. The van der Waals surface area contributed by atoms with Gasteiger partial charge in [-0.2, -0.15) is 16.9 Å². The minimum Gasteiger partial charge on any atom is -0.381 e. The predicted molar refractivity (Wildman–Crippen MR) is 80.0 cm³/mol. The molecule has 0 aromatic carbocycles. The van der Waals surface area contributed by atoms with Gasteiger partial charge in [0.1, 0.15) is 5.02 Å². The normalized spacial score (nSPS) is 11.9. The maximum absolute atomic E-state index is 11.9. The van der Waals surface area contributed by atoms with E-state index in [4.69, 9.17) is 11.6 Å². The topological polar surface area (TPSA) is 46.9 Å². The first kappa shape index (κ1) is 15.4. The highest BCUT2D eigenvalue weighted by molar-refractivity contribution is 7.99. The van der Waals surface area contributed by atoms with Gasteiger partial charge in [0.25, 0.3) is 5.56 Å². The third-order valence-corrected chi connectivity index (χ3v) is 4.30. The zero-order valence-electron chi connectivity index (χ0n) is 11.5. The number of hydrogen-bond acceptors (Lipinski definition) is 4. The Morgan fingerprint density at radius 2 is 2.17 bits per heavy atom. The van der Waals surface area contributed by atoms with Gasteiger partial charge in [-0.15, -0.1) is 0 Å². The molecule has 0 spiro atoms. The molecule has 0 fully saturated rings. The monoisotopic (exact) mass is 289 g/mol. The zero-order chi connectivity index (χ0) is 13.9. The molecule has 1 aromatic rings. The van der Waals surface area contributed by atoms with E-state index in [2.05, 4.69) is 30.5 Å². The molecule has 0 aliphatic heterocycles. The number of rotatable bonds is 5. The van der Waals surface area contributed by atoms with Gasteiger partial charge in [0.05, 0.1) is 17.9 Å². The Hall–Kier alpha value is -0.680. The van der Waals surface area contributed by atoms with E-state index in [0.717, 1.165) is 6.54 Å².